The predicted octanol–water partition coefficient (Wildman–Crippen LogP) is 1.95. The van der Waals surface area contributed by atoms with Crippen molar-refractivity contribution in [2.24, 2.45) is 5.73 Å². The first-order chi connectivity index (χ1) is 7.31. The fourth-order valence-corrected chi connectivity index (χ4v) is 2.11. The van der Waals surface area contributed by atoms with E-state index in [1.807, 2.05) is 0 Å². The lowest BCUT2D eigenvalue weighted by Crippen LogP contribution is -2.32. The highest BCUT2D eigenvalue weighted by atomic mass is 15.1. The number of benzene rings is 1. The molecule has 0 spiro atoms. The molecule has 2 nitrogen and oxygen atoms in total. The summed E-state index contributed by atoms with van der Waals surface area (Å²) in [6.45, 7) is 6.57. The Labute approximate surface area is 91.4 Å². The van der Waals surface area contributed by atoms with Crippen molar-refractivity contribution in [3.05, 3.63) is 42.0 Å². The summed E-state index contributed by atoms with van der Waals surface area (Å²) in [4.78, 5) is 2.38. The van der Waals surface area contributed by atoms with Gasteiger partial charge in [-0.25, -0.2) is 0 Å². The van der Waals surface area contributed by atoms with E-state index in [1.54, 1.807) is 0 Å². The molecule has 0 amide bonds. The topological polar surface area (TPSA) is 29.3 Å². The van der Waals surface area contributed by atoms with E-state index < -0.39 is 0 Å². The number of anilines is 1. The van der Waals surface area contributed by atoms with Crippen molar-refractivity contribution in [1.82, 2.24) is 0 Å². The third-order valence-corrected chi connectivity index (χ3v) is 2.91. The maximum absolute atomic E-state index is 5.58. The number of nitrogens with zero attached hydrogens (tertiary/aromatic N) is 1. The van der Waals surface area contributed by atoms with Crippen LogP contribution in [-0.4, -0.2) is 19.6 Å². The highest BCUT2D eigenvalue weighted by Crippen LogP contribution is 2.26. The molecule has 15 heavy (non-hydrogen) atoms. The second-order valence-corrected chi connectivity index (χ2v) is 4.11. The van der Waals surface area contributed by atoms with Crippen molar-refractivity contribution in [3.8, 4) is 0 Å². The second kappa shape index (κ2) is 4.49. The molecule has 1 aliphatic heterocycles. The summed E-state index contributed by atoms with van der Waals surface area (Å²) < 4.78 is 0. The maximum atomic E-state index is 5.58. The molecule has 2 heteroatoms. The van der Waals surface area contributed by atoms with Crippen molar-refractivity contribution in [3.63, 3.8) is 0 Å². The van der Waals surface area contributed by atoms with Crippen LogP contribution in [0.3, 0.4) is 0 Å². The molecule has 1 aromatic carbocycles. The molecular weight excluding hydrogens is 184 g/mol. The van der Waals surface area contributed by atoms with Gasteiger partial charge in [-0.3, -0.25) is 0 Å². The van der Waals surface area contributed by atoms with Crippen LogP contribution in [0.1, 0.15) is 12.0 Å². The normalized spacial score (nSPS) is 14.9. The van der Waals surface area contributed by atoms with Crippen molar-refractivity contribution in [2.45, 2.75) is 12.8 Å². The Morgan fingerprint density at radius 3 is 3.00 bits per heavy atom. The van der Waals surface area contributed by atoms with Crippen molar-refractivity contribution in [1.29, 1.82) is 0 Å². The molecule has 1 heterocycles. The zero-order valence-corrected chi connectivity index (χ0v) is 9.08. The lowest BCUT2D eigenvalue weighted by atomic mass is 10.0. The quantitative estimate of drug-likeness (QED) is 0.759. The molecular formula is C13H18N2. The van der Waals surface area contributed by atoms with Crippen molar-refractivity contribution < 1.29 is 0 Å². The first-order valence-corrected chi connectivity index (χ1v) is 5.51. The van der Waals surface area contributed by atoms with Gasteiger partial charge in [0.2, 0.25) is 0 Å². The molecule has 1 aromatic rings. The van der Waals surface area contributed by atoms with Gasteiger partial charge in [0, 0.05) is 25.3 Å². The number of aryl methyl sites for hydroxylation is 1. The minimum absolute atomic E-state index is 0.582. The van der Waals surface area contributed by atoms with Crippen LogP contribution in [0.5, 0.6) is 0 Å². The number of nitrogens with two attached hydrogens (primary N) is 1. The van der Waals surface area contributed by atoms with Gasteiger partial charge in [0.15, 0.2) is 0 Å². The zero-order valence-electron chi connectivity index (χ0n) is 9.08. The van der Waals surface area contributed by atoms with E-state index in [-0.39, 0.29) is 0 Å². The van der Waals surface area contributed by atoms with E-state index in [2.05, 4.69) is 35.7 Å². The highest BCUT2D eigenvalue weighted by Gasteiger charge is 2.15. The largest absolute Gasteiger partial charge is 0.367 e. The van der Waals surface area contributed by atoms with E-state index in [0.717, 1.165) is 18.7 Å². The Kier molecular flexibility index (Phi) is 3.07. The van der Waals surface area contributed by atoms with Crippen LogP contribution < -0.4 is 10.6 Å². The minimum atomic E-state index is 0.582. The van der Waals surface area contributed by atoms with Crippen LogP contribution in [0.2, 0.25) is 0 Å². The van der Waals surface area contributed by atoms with Gasteiger partial charge in [-0.15, -0.1) is 0 Å². The lowest BCUT2D eigenvalue weighted by Gasteiger charge is -2.31. The molecule has 0 aromatic heterocycles. The summed E-state index contributed by atoms with van der Waals surface area (Å²) in [5.74, 6) is 0. The maximum Gasteiger partial charge on any atom is 0.0401 e. The predicted molar refractivity (Wildman–Crippen MR) is 65.2 cm³/mol. The number of hydrogen-bond acceptors (Lipinski definition) is 2. The number of para-hydroxylation sites is 1. The molecule has 0 unspecified atom stereocenters. The molecule has 1 aliphatic rings. The van der Waals surface area contributed by atoms with Crippen LogP contribution in [0.15, 0.2) is 36.4 Å². The van der Waals surface area contributed by atoms with Crippen LogP contribution in [0.25, 0.3) is 0 Å². The average Bonchev–Trinajstić information content (AvgIpc) is 2.29. The third kappa shape index (κ3) is 2.21. The molecule has 0 saturated heterocycles. The third-order valence-electron chi connectivity index (χ3n) is 2.91. The van der Waals surface area contributed by atoms with E-state index in [4.69, 9.17) is 5.73 Å². The summed E-state index contributed by atoms with van der Waals surface area (Å²) in [6, 6.07) is 8.62. The van der Waals surface area contributed by atoms with Crippen LogP contribution in [-0.2, 0) is 6.42 Å². The van der Waals surface area contributed by atoms with Crippen LogP contribution in [0, 0.1) is 0 Å². The highest BCUT2D eigenvalue weighted by molar-refractivity contribution is 5.56. The monoisotopic (exact) mass is 202 g/mol. The number of fused-ring (bicyclic) bond motifs is 1. The molecule has 2 rings (SSSR count). The second-order valence-electron chi connectivity index (χ2n) is 4.11. The summed E-state index contributed by atoms with van der Waals surface area (Å²) >= 11 is 0. The Balaban J connectivity index is 2.18. The van der Waals surface area contributed by atoms with Crippen molar-refractivity contribution >= 4 is 5.69 Å². The van der Waals surface area contributed by atoms with Gasteiger partial charge < -0.3 is 10.6 Å². The molecule has 80 valence electrons. The molecule has 0 fully saturated rings. The fourth-order valence-electron chi connectivity index (χ4n) is 2.11. The number of rotatable bonds is 3. The van der Waals surface area contributed by atoms with Crippen molar-refractivity contribution in [2.75, 3.05) is 24.5 Å². The summed E-state index contributed by atoms with van der Waals surface area (Å²) in [6.07, 6.45) is 2.43. The Morgan fingerprint density at radius 2 is 2.20 bits per heavy atom. The van der Waals surface area contributed by atoms with Crippen LogP contribution in [0.4, 0.5) is 5.69 Å². The molecule has 0 bridgehead atoms. The van der Waals surface area contributed by atoms with Gasteiger partial charge in [0.1, 0.15) is 0 Å². The van der Waals surface area contributed by atoms with Gasteiger partial charge in [0.05, 0.1) is 0 Å². The summed E-state index contributed by atoms with van der Waals surface area (Å²) in [5, 5.41) is 0. The van der Waals surface area contributed by atoms with E-state index in [9.17, 15) is 0 Å². The first kappa shape index (κ1) is 10.2. The van der Waals surface area contributed by atoms with Gasteiger partial charge >= 0.3 is 0 Å². The molecule has 2 N–H and O–H groups in total. The molecule has 0 radical (unpaired) electrons. The minimum Gasteiger partial charge on any atom is -0.367 e. The van der Waals surface area contributed by atoms with E-state index >= 15 is 0 Å². The standard InChI is InChI=1S/C13H18N2/c1-11(9-14)10-15-8-4-6-12-5-2-3-7-13(12)15/h2-3,5,7H,1,4,6,8-10,14H2. The lowest BCUT2D eigenvalue weighted by molar-refractivity contribution is 0.711. The Bertz CT molecular complexity index is 357. The van der Waals surface area contributed by atoms with Gasteiger partial charge in [-0.05, 0) is 30.0 Å². The van der Waals surface area contributed by atoms with Gasteiger partial charge in [-0.1, -0.05) is 24.8 Å². The number of hydrogen-bond donors (Lipinski definition) is 1. The molecule has 0 aliphatic carbocycles. The Hall–Kier alpha value is -1.28. The van der Waals surface area contributed by atoms with Gasteiger partial charge in [-0.2, -0.15) is 0 Å². The smallest absolute Gasteiger partial charge is 0.0401 e. The zero-order chi connectivity index (χ0) is 10.7. The van der Waals surface area contributed by atoms with Gasteiger partial charge in [0.25, 0.3) is 0 Å². The SMILES string of the molecule is C=C(CN)CN1CCCc2ccccc21. The molecule has 0 atom stereocenters. The summed E-state index contributed by atoms with van der Waals surface area (Å²) in [5.41, 5.74) is 9.50. The summed E-state index contributed by atoms with van der Waals surface area (Å²) in [7, 11) is 0. The first-order valence-electron chi connectivity index (χ1n) is 5.51. The fraction of sp³-hybridized carbons (Fsp3) is 0.385. The average molecular weight is 202 g/mol. The van der Waals surface area contributed by atoms with Crippen LogP contribution >= 0.6 is 0 Å². The Morgan fingerprint density at radius 1 is 1.40 bits per heavy atom. The molecule has 0 saturated carbocycles. The van der Waals surface area contributed by atoms with E-state index in [1.165, 1.54) is 24.1 Å². The van der Waals surface area contributed by atoms with E-state index in [0.29, 0.717) is 6.54 Å².